The maximum absolute atomic E-state index is 11.8. The highest BCUT2D eigenvalue weighted by atomic mass is 32.1. The van der Waals surface area contributed by atoms with Gasteiger partial charge in [0.2, 0.25) is 5.91 Å². The molecule has 1 fully saturated rings. The summed E-state index contributed by atoms with van der Waals surface area (Å²) in [5.41, 5.74) is 0.995. The molecule has 20 heavy (non-hydrogen) atoms. The molecule has 1 amide bonds. The molecule has 1 unspecified atom stereocenters. The predicted octanol–water partition coefficient (Wildman–Crippen LogP) is 1.19. The standard InChI is InChI=1S/C15H20N2O2S/c1-16-15(19)14-6-4-7-17(14)10-13-9-12(11-20-13)5-2-3-8-18/h9,11,14,18H,3-4,6-8,10H2,1H3,(H,16,19). The summed E-state index contributed by atoms with van der Waals surface area (Å²) in [5.74, 6) is 6.08. The SMILES string of the molecule is CNC(=O)C1CCCN1Cc1cc(C#CCCO)cs1. The summed E-state index contributed by atoms with van der Waals surface area (Å²) in [6, 6.07) is 2.08. The van der Waals surface area contributed by atoms with E-state index >= 15 is 0 Å². The Labute approximate surface area is 123 Å². The van der Waals surface area contributed by atoms with Gasteiger partial charge in [-0.3, -0.25) is 9.69 Å². The highest BCUT2D eigenvalue weighted by molar-refractivity contribution is 7.10. The van der Waals surface area contributed by atoms with E-state index in [0.29, 0.717) is 6.42 Å². The number of amides is 1. The lowest BCUT2D eigenvalue weighted by Crippen LogP contribution is -2.41. The highest BCUT2D eigenvalue weighted by Gasteiger charge is 2.29. The molecule has 0 spiro atoms. The Morgan fingerprint density at radius 2 is 2.50 bits per heavy atom. The van der Waals surface area contributed by atoms with Crippen LogP contribution in [0.5, 0.6) is 0 Å². The summed E-state index contributed by atoms with van der Waals surface area (Å²) < 4.78 is 0. The van der Waals surface area contributed by atoms with Crippen LogP contribution in [-0.2, 0) is 11.3 Å². The van der Waals surface area contributed by atoms with Crippen molar-refractivity contribution in [3.8, 4) is 11.8 Å². The van der Waals surface area contributed by atoms with Crippen molar-refractivity contribution in [2.45, 2.75) is 31.8 Å². The maximum Gasteiger partial charge on any atom is 0.237 e. The summed E-state index contributed by atoms with van der Waals surface area (Å²) >= 11 is 1.68. The molecule has 1 aromatic rings. The van der Waals surface area contributed by atoms with Crippen molar-refractivity contribution >= 4 is 17.2 Å². The molecule has 5 heteroatoms. The Kier molecular flexibility index (Phi) is 5.60. The van der Waals surface area contributed by atoms with Gasteiger partial charge in [0.25, 0.3) is 0 Å². The van der Waals surface area contributed by atoms with Crippen LogP contribution in [0.4, 0.5) is 0 Å². The molecule has 2 heterocycles. The predicted molar refractivity (Wildman–Crippen MR) is 80.4 cm³/mol. The van der Waals surface area contributed by atoms with E-state index in [-0.39, 0.29) is 18.6 Å². The summed E-state index contributed by atoms with van der Waals surface area (Å²) in [7, 11) is 1.69. The Hall–Kier alpha value is -1.35. The van der Waals surface area contributed by atoms with E-state index in [1.807, 2.05) is 5.38 Å². The van der Waals surface area contributed by atoms with E-state index in [1.54, 1.807) is 18.4 Å². The van der Waals surface area contributed by atoms with E-state index in [4.69, 9.17) is 5.11 Å². The largest absolute Gasteiger partial charge is 0.395 e. The first-order valence-electron chi connectivity index (χ1n) is 6.87. The number of carbonyl (C=O) groups excluding carboxylic acids is 1. The lowest BCUT2D eigenvalue weighted by Gasteiger charge is -2.22. The number of likely N-dealkylation sites (N-methyl/N-ethyl adjacent to an activating group) is 1. The van der Waals surface area contributed by atoms with E-state index in [9.17, 15) is 4.79 Å². The van der Waals surface area contributed by atoms with Gasteiger partial charge < -0.3 is 10.4 Å². The highest BCUT2D eigenvalue weighted by Crippen LogP contribution is 2.23. The summed E-state index contributed by atoms with van der Waals surface area (Å²) in [6.07, 6.45) is 2.52. The third-order valence-corrected chi connectivity index (χ3v) is 4.32. The van der Waals surface area contributed by atoms with E-state index in [1.165, 1.54) is 4.88 Å². The van der Waals surface area contributed by atoms with E-state index in [2.05, 4.69) is 28.1 Å². The van der Waals surface area contributed by atoms with Crippen molar-refractivity contribution in [2.24, 2.45) is 0 Å². The van der Waals surface area contributed by atoms with Crippen LogP contribution in [0.15, 0.2) is 11.4 Å². The number of hydrogen-bond donors (Lipinski definition) is 2. The number of thiophene rings is 1. The fraction of sp³-hybridized carbons (Fsp3) is 0.533. The Morgan fingerprint density at radius 1 is 1.65 bits per heavy atom. The molecule has 0 bridgehead atoms. The van der Waals surface area contributed by atoms with Gasteiger partial charge in [-0.2, -0.15) is 0 Å². The smallest absolute Gasteiger partial charge is 0.237 e. The van der Waals surface area contributed by atoms with Crippen LogP contribution in [0.1, 0.15) is 29.7 Å². The van der Waals surface area contributed by atoms with Gasteiger partial charge in [0.1, 0.15) is 0 Å². The second-order valence-electron chi connectivity index (χ2n) is 4.82. The lowest BCUT2D eigenvalue weighted by atomic mass is 10.2. The third-order valence-electron chi connectivity index (χ3n) is 3.39. The monoisotopic (exact) mass is 292 g/mol. The van der Waals surface area contributed by atoms with Crippen LogP contribution >= 0.6 is 11.3 Å². The molecule has 0 aliphatic carbocycles. The molecular weight excluding hydrogens is 272 g/mol. The second-order valence-corrected chi connectivity index (χ2v) is 5.82. The van der Waals surface area contributed by atoms with Gasteiger partial charge in [-0.1, -0.05) is 11.8 Å². The number of aliphatic hydroxyl groups excluding tert-OH is 1. The summed E-state index contributed by atoms with van der Waals surface area (Å²) in [6.45, 7) is 1.89. The zero-order valence-corrected chi connectivity index (χ0v) is 12.5. The normalized spacial score (nSPS) is 18.6. The number of carbonyl (C=O) groups is 1. The molecule has 0 saturated carbocycles. The minimum Gasteiger partial charge on any atom is -0.395 e. The first-order chi connectivity index (χ1) is 9.74. The number of aliphatic hydroxyl groups is 1. The molecule has 1 aliphatic heterocycles. The van der Waals surface area contributed by atoms with Gasteiger partial charge in [-0.05, 0) is 25.5 Å². The Morgan fingerprint density at radius 3 is 3.25 bits per heavy atom. The van der Waals surface area contributed by atoms with Crippen molar-refractivity contribution in [1.82, 2.24) is 10.2 Å². The molecule has 2 N–H and O–H groups in total. The summed E-state index contributed by atoms with van der Waals surface area (Å²) in [5, 5.41) is 13.5. The van der Waals surface area contributed by atoms with E-state index in [0.717, 1.165) is 31.5 Å². The van der Waals surface area contributed by atoms with Gasteiger partial charge in [-0.15, -0.1) is 11.3 Å². The van der Waals surface area contributed by atoms with Crippen LogP contribution in [0.2, 0.25) is 0 Å². The molecule has 1 atom stereocenters. The van der Waals surface area contributed by atoms with Crippen molar-refractivity contribution in [3.05, 3.63) is 21.9 Å². The second kappa shape index (κ2) is 7.44. The maximum atomic E-state index is 11.8. The number of hydrogen-bond acceptors (Lipinski definition) is 4. The Bertz CT molecular complexity index is 515. The average molecular weight is 292 g/mol. The van der Waals surface area contributed by atoms with Gasteiger partial charge in [0.05, 0.1) is 12.6 Å². The number of rotatable bonds is 4. The minimum atomic E-state index is 0.00558. The molecule has 0 aromatic carbocycles. The molecule has 0 radical (unpaired) electrons. The molecule has 1 aliphatic rings. The molecule has 4 nitrogen and oxygen atoms in total. The van der Waals surface area contributed by atoms with Gasteiger partial charge in [0, 0.05) is 35.8 Å². The van der Waals surface area contributed by atoms with Crippen molar-refractivity contribution in [1.29, 1.82) is 0 Å². The molecule has 108 valence electrons. The van der Waals surface area contributed by atoms with Gasteiger partial charge in [0.15, 0.2) is 0 Å². The zero-order valence-electron chi connectivity index (χ0n) is 11.7. The van der Waals surface area contributed by atoms with E-state index < -0.39 is 0 Å². The quantitative estimate of drug-likeness (QED) is 0.820. The first-order valence-corrected chi connectivity index (χ1v) is 7.75. The fourth-order valence-corrected chi connectivity index (χ4v) is 3.27. The molecule has 1 aromatic heterocycles. The number of nitrogens with zero attached hydrogens (tertiary/aromatic N) is 1. The zero-order chi connectivity index (χ0) is 14.4. The minimum absolute atomic E-state index is 0.00558. The number of likely N-dealkylation sites (tertiary alicyclic amines) is 1. The lowest BCUT2D eigenvalue weighted by molar-refractivity contribution is -0.125. The van der Waals surface area contributed by atoms with Gasteiger partial charge >= 0.3 is 0 Å². The van der Waals surface area contributed by atoms with Crippen molar-refractivity contribution in [2.75, 3.05) is 20.2 Å². The molecular formula is C15H20N2O2S. The topological polar surface area (TPSA) is 52.6 Å². The summed E-state index contributed by atoms with van der Waals surface area (Å²) in [4.78, 5) is 15.3. The van der Waals surface area contributed by atoms with Gasteiger partial charge in [-0.25, -0.2) is 0 Å². The van der Waals surface area contributed by atoms with Crippen molar-refractivity contribution < 1.29 is 9.90 Å². The Balaban J connectivity index is 1.96. The van der Waals surface area contributed by atoms with Crippen molar-refractivity contribution in [3.63, 3.8) is 0 Å². The van der Waals surface area contributed by atoms with Crippen LogP contribution in [0, 0.1) is 11.8 Å². The number of nitrogens with one attached hydrogen (secondary N) is 1. The average Bonchev–Trinajstić information content (AvgIpc) is 3.08. The van der Waals surface area contributed by atoms with Crippen LogP contribution in [-0.4, -0.2) is 42.2 Å². The van der Waals surface area contributed by atoms with Crippen LogP contribution in [0.3, 0.4) is 0 Å². The molecule has 1 saturated heterocycles. The fourth-order valence-electron chi connectivity index (χ4n) is 2.43. The third kappa shape index (κ3) is 3.83. The first kappa shape index (κ1) is 15.0. The molecule has 2 rings (SSSR count). The van der Waals surface area contributed by atoms with Crippen LogP contribution in [0.25, 0.3) is 0 Å². The van der Waals surface area contributed by atoms with Crippen LogP contribution < -0.4 is 5.32 Å².